The number of benzene rings is 1. The number of rotatable bonds is 6. The largest absolute Gasteiger partial charge is 0.378 e. The van der Waals surface area contributed by atoms with Gasteiger partial charge in [-0.2, -0.15) is 0 Å². The number of aromatic amines is 1. The van der Waals surface area contributed by atoms with Crippen LogP contribution in [0.5, 0.6) is 0 Å². The molecule has 0 bridgehead atoms. The molecule has 0 amide bonds. The van der Waals surface area contributed by atoms with E-state index in [-0.39, 0.29) is 0 Å². The Bertz CT molecular complexity index is 1300. The molecule has 154 valence electrons. The molecule has 0 radical (unpaired) electrons. The van der Waals surface area contributed by atoms with Crippen LogP contribution < -0.4 is 9.62 Å². The predicted molar refractivity (Wildman–Crippen MR) is 117 cm³/mol. The summed E-state index contributed by atoms with van der Waals surface area (Å²) in [6, 6.07) is 9.58. The summed E-state index contributed by atoms with van der Waals surface area (Å²) < 4.78 is 24.9. The second-order valence-electron chi connectivity index (χ2n) is 6.97. The third-order valence-electron chi connectivity index (χ3n) is 4.65. The van der Waals surface area contributed by atoms with Crippen LogP contribution in [0.1, 0.15) is 11.1 Å². The molecular formula is C20H21N7O2S. The van der Waals surface area contributed by atoms with Gasteiger partial charge in [-0.15, -0.1) is 0 Å². The molecule has 0 saturated heterocycles. The van der Waals surface area contributed by atoms with Crippen molar-refractivity contribution in [2.45, 2.75) is 13.5 Å². The van der Waals surface area contributed by atoms with Gasteiger partial charge in [0.2, 0.25) is 10.0 Å². The second kappa shape index (κ2) is 7.71. The molecule has 0 unspecified atom stereocenters. The maximum atomic E-state index is 11.9. The van der Waals surface area contributed by atoms with Crippen molar-refractivity contribution < 1.29 is 8.42 Å². The Morgan fingerprint density at radius 1 is 1.13 bits per heavy atom. The van der Waals surface area contributed by atoms with Gasteiger partial charge in [0.25, 0.3) is 0 Å². The number of hydrogen-bond donors (Lipinski definition) is 2. The number of aryl methyl sites for hydroxylation is 1. The monoisotopic (exact) mass is 423 g/mol. The van der Waals surface area contributed by atoms with Crippen molar-refractivity contribution in [1.29, 1.82) is 0 Å². The lowest BCUT2D eigenvalue weighted by molar-refractivity contribution is 0.599. The number of nitrogens with one attached hydrogen (secondary N) is 2. The minimum absolute atomic E-state index is 0.371. The van der Waals surface area contributed by atoms with Gasteiger partial charge in [0.15, 0.2) is 11.6 Å². The van der Waals surface area contributed by atoms with Crippen LogP contribution in [0.3, 0.4) is 0 Å². The van der Waals surface area contributed by atoms with Gasteiger partial charge in [0.1, 0.15) is 5.82 Å². The van der Waals surface area contributed by atoms with E-state index < -0.39 is 10.0 Å². The van der Waals surface area contributed by atoms with Crippen LogP contribution in [0, 0.1) is 6.92 Å². The van der Waals surface area contributed by atoms with Crippen molar-refractivity contribution >= 4 is 32.6 Å². The van der Waals surface area contributed by atoms with Gasteiger partial charge in [-0.25, -0.2) is 28.4 Å². The highest BCUT2D eigenvalue weighted by molar-refractivity contribution is 7.92. The van der Waals surface area contributed by atoms with Crippen LogP contribution in [0.2, 0.25) is 0 Å². The zero-order valence-corrected chi connectivity index (χ0v) is 17.6. The maximum Gasteiger partial charge on any atom is 0.233 e. The van der Waals surface area contributed by atoms with Crippen LogP contribution in [0.4, 0.5) is 11.5 Å². The summed E-state index contributed by atoms with van der Waals surface area (Å²) in [6.07, 6.45) is 6.03. The Balaban J connectivity index is 1.51. The van der Waals surface area contributed by atoms with Gasteiger partial charge in [0.05, 0.1) is 35.4 Å². The normalized spacial score (nSPS) is 11.6. The third kappa shape index (κ3) is 4.08. The fraction of sp³-hybridized carbons (Fsp3) is 0.200. The molecule has 4 rings (SSSR count). The molecule has 30 heavy (non-hydrogen) atoms. The molecule has 2 N–H and O–H groups in total. The number of fused-ring (bicyclic) bond motifs is 1. The minimum atomic E-state index is -3.40. The van der Waals surface area contributed by atoms with E-state index in [4.69, 9.17) is 0 Å². The van der Waals surface area contributed by atoms with Crippen LogP contribution in [-0.4, -0.2) is 46.6 Å². The van der Waals surface area contributed by atoms with E-state index in [1.165, 1.54) is 7.05 Å². The predicted octanol–water partition coefficient (Wildman–Crippen LogP) is 2.73. The van der Waals surface area contributed by atoms with Crippen LogP contribution in [0.15, 0.2) is 48.9 Å². The van der Waals surface area contributed by atoms with Crippen molar-refractivity contribution in [3.63, 3.8) is 0 Å². The number of anilines is 2. The summed E-state index contributed by atoms with van der Waals surface area (Å²) >= 11 is 0. The summed E-state index contributed by atoms with van der Waals surface area (Å²) in [5.41, 5.74) is 4.38. The lowest BCUT2D eigenvalue weighted by atomic mass is 10.2. The molecule has 0 spiro atoms. The fourth-order valence-electron chi connectivity index (χ4n) is 2.98. The highest BCUT2D eigenvalue weighted by Crippen LogP contribution is 2.21. The molecule has 0 aliphatic rings. The van der Waals surface area contributed by atoms with E-state index in [0.717, 1.165) is 32.7 Å². The molecule has 0 aliphatic carbocycles. The first-order valence-corrected chi connectivity index (χ1v) is 11.1. The van der Waals surface area contributed by atoms with E-state index >= 15 is 0 Å². The number of hydrogen-bond acceptors (Lipinski definition) is 7. The topological polar surface area (TPSA) is 117 Å². The highest BCUT2D eigenvalue weighted by atomic mass is 32.2. The first-order valence-electron chi connectivity index (χ1n) is 9.22. The summed E-state index contributed by atoms with van der Waals surface area (Å²) in [6.45, 7) is 2.40. The Morgan fingerprint density at radius 2 is 1.90 bits per heavy atom. The average Bonchev–Trinajstić information content (AvgIpc) is 3.15. The third-order valence-corrected chi connectivity index (χ3v) is 5.82. The SMILES string of the molecule is Cc1ccc2nc(-c3ncc(NCc4cccnc4N(C)S(C)(=O)=O)cn3)[nH]c2c1. The van der Waals surface area contributed by atoms with E-state index in [1.54, 1.807) is 24.7 Å². The molecule has 4 aromatic rings. The number of sulfonamides is 1. The molecule has 3 heterocycles. The first kappa shape index (κ1) is 19.8. The number of nitrogens with zero attached hydrogens (tertiary/aromatic N) is 5. The van der Waals surface area contributed by atoms with Crippen molar-refractivity contribution in [1.82, 2.24) is 24.9 Å². The minimum Gasteiger partial charge on any atom is -0.378 e. The standard InChI is InChI=1S/C20H21N7O2S/c1-13-6-7-16-17(9-13)26-19(25-16)18-23-11-15(12-24-18)22-10-14-5-4-8-21-20(14)27(2)30(3,28)29/h4-9,11-12,22H,10H2,1-3H3,(H,25,26). The smallest absolute Gasteiger partial charge is 0.233 e. The van der Waals surface area contributed by atoms with Crippen LogP contribution in [-0.2, 0) is 16.6 Å². The quantitative estimate of drug-likeness (QED) is 0.490. The Kier molecular flexibility index (Phi) is 5.08. The Labute approximate surface area is 174 Å². The van der Waals surface area contributed by atoms with Gasteiger partial charge in [-0.3, -0.25) is 4.31 Å². The molecule has 1 aromatic carbocycles. The van der Waals surface area contributed by atoms with E-state index in [9.17, 15) is 8.42 Å². The van der Waals surface area contributed by atoms with Crippen molar-refractivity contribution in [2.24, 2.45) is 0 Å². The molecule has 0 aliphatic heterocycles. The Hall–Kier alpha value is -3.53. The number of aromatic nitrogens is 5. The molecular weight excluding hydrogens is 402 g/mol. The van der Waals surface area contributed by atoms with Gasteiger partial charge in [-0.05, 0) is 30.7 Å². The second-order valence-corrected chi connectivity index (χ2v) is 8.99. The van der Waals surface area contributed by atoms with Crippen molar-refractivity contribution in [2.75, 3.05) is 22.9 Å². The number of H-pyrrole nitrogens is 1. The lowest BCUT2D eigenvalue weighted by Gasteiger charge is -2.19. The number of pyridine rings is 1. The highest BCUT2D eigenvalue weighted by Gasteiger charge is 2.17. The zero-order valence-electron chi connectivity index (χ0n) is 16.8. The van der Waals surface area contributed by atoms with Gasteiger partial charge in [0, 0.05) is 25.4 Å². The summed E-state index contributed by atoms with van der Waals surface area (Å²) in [4.78, 5) is 20.7. The molecule has 0 saturated carbocycles. The van der Waals surface area contributed by atoms with E-state index in [1.807, 2.05) is 31.2 Å². The molecule has 0 atom stereocenters. The molecule has 9 nitrogen and oxygen atoms in total. The van der Waals surface area contributed by atoms with Crippen molar-refractivity contribution in [3.05, 3.63) is 60.0 Å². The zero-order chi connectivity index (χ0) is 21.3. The molecule has 0 fully saturated rings. The van der Waals surface area contributed by atoms with Gasteiger partial charge < -0.3 is 10.3 Å². The molecule has 10 heteroatoms. The van der Waals surface area contributed by atoms with Gasteiger partial charge in [-0.1, -0.05) is 12.1 Å². The van der Waals surface area contributed by atoms with E-state index in [2.05, 4.69) is 30.2 Å². The summed E-state index contributed by atoms with van der Waals surface area (Å²) in [7, 11) is -1.92. The lowest BCUT2D eigenvalue weighted by Crippen LogP contribution is -2.27. The first-order chi connectivity index (χ1) is 14.3. The number of imidazole rings is 1. The van der Waals surface area contributed by atoms with Crippen molar-refractivity contribution in [3.8, 4) is 11.6 Å². The Morgan fingerprint density at radius 3 is 2.63 bits per heavy atom. The summed E-state index contributed by atoms with van der Waals surface area (Å²) in [5.74, 6) is 1.47. The maximum absolute atomic E-state index is 11.9. The average molecular weight is 424 g/mol. The van der Waals surface area contributed by atoms with Gasteiger partial charge >= 0.3 is 0 Å². The summed E-state index contributed by atoms with van der Waals surface area (Å²) in [5, 5.41) is 3.20. The fourth-order valence-corrected chi connectivity index (χ4v) is 3.46. The van der Waals surface area contributed by atoms with E-state index in [0.29, 0.717) is 29.7 Å². The molecule has 3 aromatic heterocycles. The van der Waals surface area contributed by atoms with Crippen LogP contribution in [0.25, 0.3) is 22.7 Å². The van der Waals surface area contributed by atoms with Crippen LogP contribution >= 0.6 is 0 Å².